The molecule has 2 fully saturated rings. The van der Waals surface area contributed by atoms with Gasteiger partial charge in [-0.15, -0.1) is 0 Å². The minimum Gasteiger partial charge on any atom is -0.369 e. The molecule has 158 valence electrons. The summed E-state index contributed by atoms with van der Waals surface area (Å²) in [5.74, 6) is 0.180. The zero-order valence-corrected chi connectivity index (χ0v) is 17.0. The van der Waals surface area contributed by atoms with Crippen LogP contribution < -0.4 is 20.9 Å². The number of nitrogens with one attached hydrogen (secondary N) is 3. The van der Waals surface area contributed by atoms with E-state index in [0.29, 0.717) is 17.0 Å². The highest BCUT2D eigenvalue weighted by molar-refractivity contribution is 6.14. The van der Waals surface area contributed by atoms with E-state index in [2.05, 4.69) is 55.0 Å². The van der Waals surface area contributed by atoms with E-state index in [1.54, 1.807) is 23.0 Å². The zero-order valence-electron chi connectivity index (χ0n) is 17.0. The summed E-state index contributed by atoms with van der Waals surface area (Å²) < 4.78 is 1.61. The number of aromatic nitrogens is 3. The molecule has 10 nitrogen and oxygen atoms in total. The molecule has 0 atom stereocenters. The van der Waals surface area contributed by atoms with E-state index in [-0.39, 0.29) is 5.70 Å². The van der Waals surface area contributed by atoms with Crippen LogP contribution in [0.3, 0.4) is 0 Å². The number of urea groups is 1. The van der Waals surface area contributed by atoms with Crippen LogP contribution in [-0.4, -0.2) is 64.7 Å². The van der Waals surface area contributed by atoms with Gasteiger partial charge in [0.15, 0.2) is 5.65 Å². The van der Waals surface area contributed by atoms with Crippen molar-refractivity contribution in [3.8, 4) is 0 Å². The lowest BCUT2D eigenvalue weighted by molar-refractivity contribution is -0.115. The summed E-state index contributed by atoms with van der Waals surface area (Å²) >= 11 is 0. The molecule has 2 aliphatic heterocycles. The third-order valence-corrected chi connectivity index (χ3v) is 5.42. The Balaban J connectivity index is 1.34. The maximum atomic E-state index is 11.8. The lowest BCUT2D eigenvalue weighted by atomic mass is 10.2. The van der Waals surface area contributed by atoms with Gasteiger partial charge >= 0.3 is 6.03 Å². The largest absolute Gasteiger partial charge is 0.369 e. The highest BCUT2D eigenvalue weighted by Gasteiger charge is 2.23. The molecule has 0 aliphatic carbocycles. The van der Waals surface area contributed by atoms with E-state index in [4.69, 9.17) is 0 Å². The standard InChI is InChI=1S/C21H22N8O2/c1-27-8-10-28(11-9-27)16-4-2-15(3-5-16)23-18-6-7-29-19(25-18)14(13-22-29)12-17-20(30)26-21(31)24-17/h2-7,12-13H,8-11H2,1H3,(H,23,25)(H2,24,26,30,31). The lowest BCUT2D eigenvalue weighted by Crippen LogP contribution is -2.44. The number of nitrogens with zero attached hydrogens (tertiary/aromatic N) is 5. The molecule has 31 heavy (non-hydrogen) atoms. The molecule has 3 N–H and O–H groups in total. The molecular formula is C21H22N8O2. The molecule has 0 unspecified atom stereocenters. The van der Waals surface area contributed by atoms with Crippen molar-refractivity contribution in [1.82, 2.24) is 30.1 Å². The van der Waals surface area contributed by atoms with Crippen LogP contribution in [0.15, 0.2) is 48.4 Å². The van der Waals surface area contributed by atoms with Gasteiger partial charge in [0.25, 0.3) is 5.91 Å². The molecule has 0 saturated carbocycles. The van der Waals surface area contributed by atoms with Crippen LogP contribution in [0, 0.1) is 0 Å². The minimum atomic E-state index is -0.539. The molecule has 10 heteroatoms. The van der Waals surface area contributed by atoms with Crippen molar-refractivity contribution in [3.63, 3.8) is 0 Å². The summed E-state index contributed by atoms with van der Waals surface area (Å²) in [4.78, 5) is 32.4. The van der Waals surface area contributed by atoms with Gasteiger partial charge < -0.3 is 20.4 Å². The first kappa shape index (κ1) is 19.1. The molecule has 2 saturated heterocycles. The van der Waals surface area contributed by atoms with Crippen LogP contribution in [0.2, 0.25) is 0 Å². The lowest BCUT2D eigenvalue weighted by Gasteiger charge is -2.34. The van der Waals surface area contributed by atoms with E-state index in [1.165, 1.54) is 5.69 Å². The molecule has 3 aromatic rings. The number of carbonyl (C=O) groups is 2. The van der Waals surface area contributed by atoms with Gasteiger partial charge in [0.1, 0.15) is 11.5 Å². The number of likely N-dealkylation sites (N-methyl/N-ethyl adjacent to an activating group) is 1. The topological polar surface area (TPSA) is 107 Å². The number of imide groups is 1. The van der Waals surface area contributed by atoms with E-state index < -0.39 is 11.9 Å². The quantitative estimate of drug-likeness (QED) is 0.434. The Morgan fingerprint density at radius 1 is 1.03 bits per heavy atom. The number of fused-ring (bicyclic) bond motifs is 1. The molecule has 3 amide bonds. The predicted molar refractivity (Wildman–Crippen MR) is 117 cm³/mol. The SMILES string of the molecule is CN1CCN(c2ccc(Nc3ccn4ncc(C=C5NC(=O)NC5=O)c4n3)cc2)CC1. The smallest absolute Gasteiger partial charge is 0.326 e. The minimum absolute atomic E-state index is 0.166. The van der Waals surface area contributed by atoms with Crippen LogP contribution in [0.25, 0.3) is 11.7 Å². The Morgan fingerprint density at radius 3 is 2.52 bits per heavy atom. The van der Waals surface area contributed by atoms with E-state index in [1.807, 2.05) is 18.2 Å². The van der Waals surface area contributed by atoms with Gasteiger partial charge in [0.2, 0.25) is 0 Å². The highest BCUT2D eigenvalue weighted by atomic mass is 16.2. The van der Waals surface area contributed by atoms with Crippen LogP contribution in [-0.2, 0) is 4.79 Å². The van der Waals surface area contributed by atoms with Crippen molar-refractivity contribution in [1.29, 1.82) is 0 Å². The zero-order chi connectivity index (χ0) is 21.4. The summed E-state index contributed by atoms with van der Waals surface area (Å²) in [5, 5.41) is 12.2. The normalized spacial score (nSPS) is 18.5. The molecule has 0 bridgehead atoms. The van der Waals surface area contributed by atoms with Crippen molar-refractivity contribution in [2.24, 2.45) is 0 Å². The van der Waals surface area contributed by atoms with Crippen LogP contribution >= 0.6 is 0 Å². The summed E-state index contributed by atoms with van der Waals surface area (Å²) in [6, 6.07) is 9.59. The molecule has 0 spiro atoms. The maximum absolute atomic E-state index is 11.8. The average Bonchev–Trinajstić information content (AvgIpc) is 3.31. The second-order valence-electron chi connectivity index (χ2n) is 7.61. The van der Waals surface area contributed by atoms with Crippen molar-refractivity contribution >= 4 is 40.9 Å². The van der Waals surface area contributed by atoms with Gasteiger partial charge in [-0.1, -0.05) is 0 Å². The fourth-order valence-electron chi connectivity index (χ4n) is 3.66. The van der Waals surface area contributed by atoms with Crippen molar-refractivity contribution in [2.75, 3.05) is 43.4 Å². The molecule has 2 aliphatic rings. The first-order valence-electron chi connectivity index (χ1n) is 10.0. The summed E-state index contributed by atoms with van der Waals surface area (Å²) in [5.41, 5.74) is 3.50. The molecule has 5 rings (SSSR count). The van der Waals surface area contributed by atoms with Crippen molar-refractivity contribution in [3.05, 3.63) is 54.0 Å². The number of hydrogen-bond acceptors (Lipinski definition) is 7. The van der Waals surface area contributed by atoms with Gasteiger partial charge in [-0.25, -0.2) is 14.3 Å². The van der Waals surface area contributed by atoms with Crippen molar-refractivity contribution < 1.29 is 9.59 Å². The summed E-state index contributed by atoms with van der Waals surface area (Å²) in [6.07, 6.45) is 4.95. The van der Waals surface area contributed by atoms with Gasteiger partial charge in [-0.05, 0) is 43.5 Å². The van der Waals surface area contributed by atoms with Crippen molar-refractivity contribution in [2.45, 2.75) is 0 Å². The van der Waals surface area contributed by atoms with Gasteiger partial charge in [0.05, 0.1) is 6.20 Å². The molecule has 4 heterocycles. The first-order chi connectivity index (χ1) is 15.0. The Hall–Kier alpha value is -3.92. The summed E-state index contributed by atoms with van der Waals surface area (Å²) in [7, 11) is 2.15. The first-order valence-corrected chi connectivity index (χ1v) is 10.0. The number of benzene rings is 1. The van der Waals surface area contributed by atoms with Crippen LogP contribution in [0.5, 0.6) is 0 Å². The van der Waals surface area contributed by atoms with Crippen LogP contribution in [0.4, 0.5) is 22.0 Å². The van der Waals surface area contributed by atoms with Gasteiger partial charge in [0, 0.05) is 49.3 Å². The third kappa shape index (κ3) is 3.92. The molecular weight excluding hydrogens is 396 g/mol. The number of amides is 3. The molecule has 1 aromatic carbocycles. The fourth-order valence-corrected chi connectivity index (χ4v) is 3.66. The fraction of sp³-hybridized carbons (Fsp3) is 0.238. The average molecular weight is 418 g/mol. The molecule has 0 radical (unpaired) electrons. The molecule has 2 aromatic heterocycles. The monoisotopic (exact) mass is 418 g/mol. The Morgan fingerprint density at radius 2 is 1.81 bits per heavy atom. The number of hydrogen-bond donors (Lipinski definition) is 3. The van der Waals surface area contributed by atoms with Gasteiger partial charge in [-0.2, -0.15) is 5.10 Å². The maximum Gasteiger partial charge on any atom is 0.326 e. The van der Waals surface area contributed by atoms with E-state index in [0.717, 1.165) is 31.9 Å². The Bertz CT molecular complexity index is 1180. The third-order valence-electron chi connectivity index (χ3n) is 5.42. The predicted octanol–water partition coefficient (Wildman–Crippen LogP) is 1.40. The highest BCUT2D eigenvalue weighted by Crippen LogP contribution is 2.22. The number of anilines is 3. The summed E-state index contributed by atoms with van der Waals surface area (Å²) in [6.45, 7) is 4.19. The second-order valence-corrected chi connectivity index (χ2v) is 7.61. The second kappa shape index (κ2) is 7.73. The number of rotatable bonds is 4. The Kier molecular flexibility index (Phi) is 4.75. The number of carbonyl (C=O) groups excluding carboxylic acids is 2. The van der Waals surface area contributed by atoms with E-state index >= 15 is 0 Å². The number of piperazine rings is 1. The Labute approximate surface area is 178 Å². The van der Waals surface area contributed by atoms with Crippen LogP contribution in [0.1, 0.15) is 5.56 Å². The van der Waals surface area contributed by atoms with E-state index in [9.17, 15) is 9.59 Å². The van der Waals surface area contributed by atoms with Gasteiger partial charge in [-0.3, -0.25) is 10.1 Å².